The summed E-state index contributed by atoms with van der Waals surface area (Å²) in [6, 6.07) is 0. The van der Waals surface area contributed by atoms with Crippen LogP contribution in [-0.4, -0.2) is 17.6 Å². The van der Waals surface area contributed by atoms with Crippen molar-refractivity contribution in [1.82, 2.24) is 4.98 Å². The summed E-state index contributed by atoms with van der Waals surface area (Å²) in [4.78, 5) is 17.9. The molecule has 0 saturated heterocycles. The minimum atomic E-state index is -0.0950. The van der Waals surface area contributed by atoms with Crippen molar-refractivity contribution in [3.8, 4) is 0 Å². The Morgan fingerprint density at radius 1 is 1.47 bits per heavy atom. The Balaban J connectivity index is 1.87. The van der Waals surface area contributed by atoms with E-state index in [2.05, 4.69) is 0 Å². The molecule has 4 heteroatoms. The number of aryl methyl sites for hydroxylation is 1. The quantitative estimate of drug-likeness (QED) is 0.775. The molecular weight excluding hydrogens is 234 g/mol. The summed E-state index contributed by atoms with van der Waals surface area (Å²) in [5.74, 6) is 0.511. The van der Waals surface area contributed by atoms with Crippen LogP contribution in [0.4, 0.5) is 0 Å². The van der Waals surface area contributed by atoms with Crippen LogP contribution in [0.5, 0.6) is 0 Å². The number of hydrogen-bond donors (Lipinski definition) is 0. The molecule has 3 rings (SSSR count). The molecule has 0 aromatic carbocycles. The standard InChI is InChI=1S/C13H17NO2S/c1-2-16-13(15)9-4-3-5-10-11(9)14-12(17-10)8-6-7-8/h8-9H,2-7H2,1H3. The number of fused-ring (bicyclic) bond motifs is 1. The van der Waals surface area contributed by atoms with Gasteiger partial charge >= 0.3 is 5.97 Å². The van der Waals surface area contributed by atoms with Crippen molar-refractivity contribution in [3.05, 3.63) is 15.6 Å². The van der Waals surface area contributed by atoms with Crippen molar-refractivity contribution < 1.29 is 9.53 Å². The van der Waals surface area contributed by atoms with Gasteiger partial charge in [0.15, 0.2) is 0 Å². The van der Waals surface area contributed by atoms with Crippen molar-refractivity contribution >= 4 is 17.3 Å². The van der Waals surface area contributed by atoms with Crippen LogP contribution in [-0.2, 0) is 16.0 Å². The van der Waals surface area contributed by atoms with Crippen molar-refractivity contribution in [1.29, 1.82) is 0 Å². The van der Waals surface area contributed by atoms with Crippen LogP contribution >= 0.6 is 11.3 Å². The van der Waals surface area contributed by atoms with E-state index in [0.29, 0.717) is 12.5 Å². The minimum Gasteiger partial charge on any atom is -0.465 e. The maximum Gasteiger partial charge on any atom is 0.315 e. The van der Waals surface area contributed by atoms with Crippen LogP contribution in [0.25, 0.3) is 0 Å². The Bertz CT molecular complexity index is 437. The average molecular weight is 251 g/mol. The lowest BCUT2D eigenvalue weighted by molar-refractivity contribution is -0.145. The van der Waals surface area contributed by atoms with Crippen LogP contribution in [0.15, 0.2) is 0 Å². The summed E-state index contributed by atoms with van der Waals surface area (Å²) in [5.41, 5.74) is 1.03. The number of esters is 1. The molecule has 1 heterocycles. The van der Waals surface area contributed by atoms with Crippen LogP contribution in [0, 0.1) is 0 Å². The summed E-state index contributed by atoms with van der Waals surface area (Å²) in [5, 5.41) is 1.26. The Labute approximate surface area is 105 Å². The van der Waals surface area contributed by atoms with Gasteiger partial charge in [-0.25, -0.2) is 4.98 Å². The van der Waals surface area contributed by atoms with Crippen molar-refractivity contribution in [2.24, 2.45) is 0 Å². The van der Waals surface area contributed by atoms with Gasteiger partial charge < -0.3 is 4.74 Å². The Morgan fingerprint density at radius 3 is 3.00 bits per heavy atom. The van der Waals surface area contributed by atoms with Crippen molar-refractivity contribution in [3.63, 3.8) is 0 Å². The molecule has 1 atom stereocenters. The van der Waals surface area contributed by atoms with Gasteiger partial charge in [0.2, 0.25) is 0 Å². The van der Waals surface area contributed by atoms with Crippen LogP contribution < -0.4 is 0 Å². The number of nitrogens with zero attached hydrogens (tertiary/aromatic N) is 1. The largest absolute Gasteiger partial charge is 0.465 e. The summed E-state index contributed by atoms with van der Waals surface area (Å²) < 4.78 is 5.15. The maximum atomic E-state index is 11.9. The molecule has 1 aromatic rings. The molecule has 92 valence electrons. The van der Waals surface area contributed by atoms with E-state index in [0.717, 1.165) is 25.0 Å². The van der Waals surface area contributed by atoms with E-state index in [-0.39, 0.29) is 11.9 Å². The first-order valence-electron chi connectivity index (χ1n) is 6.45. The van der Waals surface area contributed by atoms with E-state index in [9.17, 15) is 4.79 Å². The first kappa shape index (κ1) is 11.2. The van der Waals surface area contributed by atoms with Crippen LogP contribution in [0.3, 0.4) is 0 Å². The van der Waals surface area contributed by atoms with Gasteiger partial charge in [-0.3, -0.25) is 4.79 Å². The first-order chi connectivity index (χ1) is 8.29. The van der Waals surface area contributed by atoms with Gasteiger partial charge in [0.25, 0.3) is 0 Å². The van der Waals surface area contributed by atoms with Gasteiger partial charge in [-0.1, -0.05) is 0 Å². The monoisotopic (exact) mass is 251 g/mol. The molecule has 2 aliphatic carbocycles. The predicted molar refractivity (Wildman–Crippen MR) is 66.4 cm³/mol. The molecule has 0 spiro atoms. The molecule has 17 heavy (non-hydrogen) atoms. The maximum absolute atomic E-state index is 11.9. The molecule has 1 saturated carbocycles. The highest BCUT2D eigenvalue weighted by molar-refractivity contribution is 7.11. The fourth-order valence-electron chi connectivity index (χ4n) is 2.41. The zero-order valence-corrected chi connectivity index (χ0v) is 10.9. The molecule has 0 amide bonds. The normalized spacial score (nSPS) is 23.2. The molecular formula is C13H17NO2S. The van der Waals surface area contributed by atoms with E-state index in [1.165, 1.54) is 22.7 Å². The second kappa shape index (κ2) is 4.41. The molecule has 2 aliphatic rings. The summed E-state index contributed by atoms with van der Waals surface area (Å²) in [6.07, 6.45) is 5.63. The number of thiazole rings is 1. The lowest BCUT2D eigenvalue weighted by Crippen LogP contribution is -2.20. The molecule has 1 unspecified atom stereocenters. The van der Waals surface area contributed by atoms with E-state index in [1.54, 1.807) is 0 Å². The van der Waals surface area contributed by atoms with Gasteiger partial charge in [-0.05, 0) is 39.0 Å². The smallest absolute Gasteiger partial charge is 0.315 e. The highest BCUT2D eigenvalue weighted by Crippen LogP contribution is 2.45. The number of ether oxygens (including phenoxy) is 1. The molecule has 3 nitrogen and oxygen atoms in total. The molecule has 0 N–H and O–H groups in total. The van der Waals surface area contributed by atoms with Gasteiger partial charge in [-0.2, -0.15) is 0 Å². The van der Waals surface area contributed by atoms with Crippen molar-refractivity contribution in [2.45, 2.75) is 50.9 Å². The van der Waals surface area contributed by atoms with E-state index < -0.39 is 0 Å². The molecule has 0 radical (unpaired) electrons. The van der Waals surface area contributed by atoms with Crippen LogP contribution in [0.2, 0.25) is 0 Å². The van der Waals surface area contributed by atoms with Crippen LogP contribution in [0.1, 0.15) is 60.0 Å². The van der Waals surface area contributed by atoms with E-state index >= 15 is 0 Å². The topological polar surface area (TPSA) is 39.2 Å². The van der Waals surface area contributed by atoms with E-state index in [4.69, 9.17) is 9.72 Å². The highest BCUT2D eigenvalue weighted by atomic mass is 32.1. The zero-order valence-electron chi connectivity index (χ0n) is 10.1. The second-order valence-electron chi connectivity index (χ2n) is 4.83. The third-order valence-electron chi connectivity index (χ3n) is 3.47. The highest BCUT2D eigenvalue weighted by Gasteiger charge is 2.34. The molecule has 1 fully saturated rings. The minimum absolute atomic E-state index is 0.0823. The summed E-state index contributed by atoms with van der Waals surface area (Å²) in [7, 11) is 0. The Hall–Kier alpha value is -0.900. The Kier molecular flexibility index (Phi) is 2.90. The van der Waals surface area contributed by atoms with Gasteiger partial charge in [0.05, 0.1) is 17.3 Å². The third-order valence-corrected chi connectivity index (χ3v) is 4.76. The number of carbonyl (C=O) groups excluding carboxylic acids is 1. The molecule has 0 aliphatic heterocycles. The average Bonchev–Trinajstić information content (AvgIpc) is 3.08. The lowest BCUT2D eigenvalue weighted by atomic mass is 9.91. The lowest BCUT2D eigenvalue weighted by Gasteiger charge is -2.19. The molecule has 1 aromatic heterocycles. The number of aromatic nitrogens is 1. The summed E-state index contributed by atoms with van der Waals surface area (Å²) >= 11 is 1.83. The number of carbonyl (C=O) groups is 1. The molecule has 0 bridgehead atoms. The second-order valence-corrected chi connectivity index (χ2v) is 5.95. The van der Waals surface area contributed by atoms with E-state index in [1.807, 2.05) is 18.3 Å². The Morgan fingerprint density at radius 2 is 2.29 bits per heavy atom. The van der Waals surface area contributed by atoms with Gasteiger partial charge in [0, 0.05) is 10.8 Å². The fraction of sp³-hybridized carbons (Fsp3) is 0.692. The third kappa shape index (κ3) is 2.10. The predicted octanol–water partition coefficient (Wildman–Crippen LogP) is 3.00. The fourth-order valence-corrected chi connectivity index (χ4v) is 3.75. The van der Waals surface area contributed by atoms with Gasteiger partial charge in [-0.15, -0.1) is 11.3 Å². The number of rotatable bonds is 3. The number of hydrogen-bond acceptors (Lipinski definition) is 4. The van der Waals surface area contributed by atoms with Crippen molar-refractivity contribution in [2.75, 3.05) is 6.61 Å². The van der Waals surface area contributed by atoms with Gasteiger partial charge in [0.1, 0.15) is 5.92 Å². The summed E-state index contributed by atoms with van der Waals surface area (Å²) in [6.45, 7) is 2.32. The first-order valence-corrected chi connectivity index (χ1v) is 7.27. The zero-order chi connectivity index (χ0) is 11.8. The SMILES string of the molecule is CCOC(=O)C1CCCc2sc(C3CC3)nc21.